The lowest BCUT2D eigenvalue weighted by Crippen LogP contribution is -2.45. The van der Waals surface area contributed by atoms with Gasteiger partial charge in [-0.1, -0.05) is 13.3 Å². The van der Waals surface area contributed by atoms with E-state index in [0.717, 1.165) is 19.3 Å². The zero-order valence-electron chi connectivity index (χ0n) is 8.50. The monoisotopic (exact) mass is 186 g/mol. The molecule has 0 aromatic carbocycles. The quantitative estimate of drug-likeness (QED) is 0.603. The molecule has 0 spiro atoms. The van der Waals surface area contributed by atoms with Gasteiger partial charge in [-0.3, -0.25) is 0 Å². The number of nitrogens with one attached hydrogen (secondary N) is 1. The van der Waals surface area contributed by atoms with E-state index < -0.39 is 0 Å². The smallest absolute Gasteiger partial charge is 0.0584 e. The highest BCUT2D eigenvalue weighted by Crippen LogP contribution is 2.17. The molecule has 0 radical (unpaired) electrons. The van der Waals surface area contributed by atoms with Crippen LogP contribution in [0.25, 0.3) is 0 Å². The molecule has 3 atom stereocenters. The molecule has 4 N–H and O–H groups in total. The molecule has 78 valence electrons. The van der Waals surface area contributed by atoms with Gasteiger partial charge in [0, 0.05) is 18.1 Å². The molecule has 0 saturated heterocycles. The summed E-state index contributed by atoms with van der Waals surface area (Å²) in [5.41, 5.74) is 5.88. The predicted molar refractivity (Wildman–Crippen MR) is 54.5 cm³/mol. The van der Waals surface area contributed by atoms with E-state index in [1.807, 2.05) is 0 Å². The third-order valence-corrected chi connectivity index (χ3v) is 2.90. The molecule has 0 aromatic heterocycles. The van der Waals surface area contributed by atoms with Crippen molar-refractivity contribution >= 4 is 0 Å². The Labute approximate surface area is 80.7 Å². The highest BCUT2D eigenvalue weighted by atomic mass is 16.3. The van der Waals surface area contributed by atoms with Crippen LogP contribution < -0.4 is 11.1 Å². The Morgan fingerprint density at radius 3 is 2.85 bits per heavy atom. The van der Waals surface area contributed by atoms with E-state index in [0.29, 0.717) is 12.1 Å². The summed E-state index contributed by atoms with van der Waals surface area (Å²) in [4.78, 5) is 0. The van der Waals surface area contributed by atoms with Gasteiger partial charge in [-0.25, -0.2) is 0 Å². The normalized spacial score (nSPS) is 31.6. The molecule has 3 nitrogen and oxygen atoms in total. The molecular weight excluding hydrogens is 164 g/mol. The molecule has 1 aliphatic rings. The molecular formula is C10H22N2O. The summed E-state index contributed by atoms with van der Waals surface area (Å²) in [6.45, 7) is 2.33. The number of aliphatic hydroxyl groups excluding tert-OH is 1. The zero-order valence-corrected chi connectivity index (χ0v) is 8.50. The molecule has 1 rings (SSSR count). The Morgan fingerprint density at radius 1 is 1.54 bits per heavy atom. The third-order valence-electron chi connectivity index (χ3n) is 2.90. The minimum absolute atomic E-state index is 0.238. The Hall–Kier alpha value is -0.120. The van der Waals surface area contributed by atoms with E-state index in [2.05, 4.69) is 12.2 Å². The minimum Gasteiger partial charge on any atom is -0.395 e. The van der Waals surface area contributed by atoms with Gasteiger partial charge in [0.05, 0.1) is 6.61 Å². The number of hydrogen-bond acceptors (Lipinski definition) is 3. The molecule has 3 heteroatoms. The van der Waals surface area contributed by atoms with Gasteiger partial charge >= 0.3 is 0 Å². The second-order valence-corrected chi connectivity index (χ2v) is 4.08. The Bertz CT molecular complexity index is 137. The van der Waals surface area contributed by atoms with Gasteiger partial charge in [0.25, 0.3) is 0 Å². The lowest BCUT2D eigenvalue weighted by atomic mass is 9.91. The van der Waals surface area contributed by atoms with E-state index >= 15 is 0 Å². The number of hydrogen-bond donors (Lipinski definition) is 3. The first-order valence-corrected chi connectivity index (χ1v) is 5.38. The van der Waals surface area contributed by atoms with Gasteiger partial charge < -0.3 is 16.2 Å². The summed E-state index contributed by atoms with van der Waals surface area (Å²) in [5, 5.41) is 12.5. The lowest BCUT2D eigenvalue weighted by molar-refractivity contribution is 0.211. The van der Waals surface area contributed by atoms with Crippen LogP contribution in [0.4, 0.5) is 0 Å². The summed E-state index contributed by atoms with van der Waals surface area (Å²) in [6.07, 6.45) is 5.65. The predicted octanol–water partition coefficient (Wildman–Crippen LogP) is 0.617. The highest BCUT2D eigenvalue weighted by Gasteiger charge is 2.20. The minimum atomic E-state index is 0.238. The molecule has 0 heterocycles. The number of rotatable bonds is 4. The van der Waals surface area contributed by atoms with Gasteiger partial charge in [-0.15, -0.1) is 0 Å². The summed E-state index contributed by atoms with van der Waals surface area (Å²) in [7, 11) is 0. The van der Waals surface area contributed by atoms with Crippen LogP contribution in [0.15, 0.2) is 0 Å². The van der Waals surface area contributed by atoms with Crippen molar-refractivity contribution in [2.45, 2.75) is 57.2 Å². The topological polar surface area (TPSA) is 58.3 Å². The van der Waals surface area contributed by atoms with Crippen molar-refractivity contribution in [1.29, 1.82) is 0 Å². The molecule has 2 unspecified atom stereocenters. The fraction of sp³-hybridized carbons (Fsp3) is 1.00. The Kier molecular flexibility index (Phi) is 4.70. The second kappa shape index (κ2) is 5.58. The van der Waals surface area contributed by atoms with Crippen molar-refractivity contribution in [1.82, 2.24) is 5.32 Å². The highest BCUT2D eigenvalue weighted by molar-refractivity contribution is 4.82. The van der Waals surface area contributed by atoms with Crippen molar-refractivity contribution < 1.29 is 5.11 Å². The van der Waals surface area contributed by atoms with Crippen molar-refractivity contribution in [3.05, 3.63) is 0 Å². The molecule has 0 aliphatic heterocycles. The molecule has 1 fully saturated rings. The van der Waals surface area contributed by atoms with Crippen LogP contribution >= 0.6 is 0 Å². The van der Waals surface area contributed by atoms with Crippen LogP contribution in [0.3, 0.4) is 0 Å². The Balaban J connectivity index is 2.26. The van der Waals surface area contributed by atoms with E-state index in [9.17, 15) is 0 Å². The van der Waals surface area contributed by atoms with Crippen molar-refractivity contribution in [2.75, 3.05) is 6.61 Å². The fourth-order valence-corrected chi connectivity index (χ4v) is 2.01. The fourth-order valence-electron chi connectivity index (χ4n) is 2.01. The van der Waals surface area contributed by atoms with Crippen LogP contribution in [0.2, 0.25) is 0 Å². The van der Waals surface area contributed by atoms with Crippen LogP contribution in [0, 0.1) is 0 Å². The SMILES string of the molecule is CC[C@@H](CO)NC1CCCC(N)C1. The lowest BCUT2D eigenvalue weighted by Gasteiger charge is -2.30. The van der Waals surface area contributed by atoms with Crippen molar-refractivity contribution in [3.8, 4) is 0 Å². The summed E-state index contributed by atoms with van der Waals surface area (Å²) in [6, 6.07) is 1.15. The molecule has 13 heavy (non-hydrogen) atoms. The zero-order chi connectivity index (χ0) is 9.68. The first-order valence-electron chi connectivity index (χ1n) is 5.38. The second-order valence-electron chi connectivity index (χ2n) is 4.08. The summed E-state index contributed by atoms with van der Waals surface area (Å²) < 4.78 is 0. The maximum atomic E-state index is 9.03. The van der Waals surface area contributed by atoms with Gasteiger partial charge in [-0.05, 0) is 25.7 Å². The first-order chi connectivity index (χ1) is 6.26. The van der Waals surface area contributed by atoms with E-state index in [1.54, 1.807) is 0 Å². The largest absolute Gasteiger partial charge is 0.395 e. The van der Waals surface area contributed by atoms with E-state index in [-0.39, 0.29) is 12.6 Å². The van der Waals surface area contributed by atoms with Crippen LogP contribution in [0.5, 0.6) is 0 Å². The molecule has 0 amide bonds. The molecule has 0 aromatic rings. The maximum Gasteiger partial charge on any atom is 0.0584 e. The number of nitrogens with two attached hydrogens (primary N) is 1. The summed E-state index contributed by atoms with van der Waals surface area (Å²) in [5.74, 6) is 0. The maximum absolute atomic E-state index is 9.03. The van der Waals surface area contributed by atoms with E-state index in [1.165, 1.54) is 12.8 Å². The van der Waals surface area contributed by atoms with Gasteiger partial charge in [0.15, 0.2) is 0 Å². The standard InChI is InChI=1S/C10H22N2O/c1-2-9(7-13)12-10-5-3-4-8(11)6-10/h8-10,12-13H,2-7,11H2,1H3/t8?,9-,10?/m0/s1. The molecule has 0 bridgehead atoms. The molecule has 1 aliphatic carbocycles. The van der Waals surface area contributed by atoms with Crippen LogP contribution in [-0.2, 0) is 0 Å². The third kappa shape index (κ3) is 3.63. The average Bonchev–Trinajstić information content (AvgIpc) is 2.14. The van der Waals surface area contributed by atoms with Crippen LogP contribution in [0.1, 0.15) is 39.0 Å². The Morgan fingerprint density at radius 2 is 2.31 bits per heavy atom. The van der Waals surface area contributed by atoms with Gasteiger partial charge in [0.2, 0.25) is 0 Å². The average molecular weight is 186 g/mol. The van der Waals surface area contributed by atoms with Gasteiger partial charge in [0.1, 0.15) is 0 Å². The van der Waals surface area contributed by atoms with E-state index in [4.69, 9.17) is 10.8 Å². The van der Waals surface area contributed by atoms with Crippen molar-refractivity contribution in [3.63, 3.8) is 0 Å². The molecule has 1 saturated carbocycles. The summed E-state index contributed by atoms with van der Waals surface area (Å²) >= 11 is 0. The van der Waals surface area contributed by atoms with Gasteiger partial charge in [-0.2, -0.15) is 0 Å². The van der Waals surface area contributed by atoms with Crippen molar-refractivity contribution in [2.24, 2.45) is 5.73 Å². The van der Waals surface area contributed by atoms with Crippen LogP contribution in [-0.4, -0.2) is 29.8 Å². The first kappa shape index (κ1) is 11.0. The number of aliphatic hydroxyl groups is 1.